The fraction of sp³-hybridized carbons (Fsp3) is 0.190. The maximum atomic E-state index is 13.7. The summed E-state index contributed by atoms with van der Waals surface area (Å²) in [5, 5.41) is 0. The lowest BCUT2D eigenvalue weighted by Crippen LogP contribution is -2.38. The van der Waals surface area contributed by atoms with Gasteiger partial charge in [-0.05, 0) is 54.3 Å². The number of benzene rings is 2. The van der Waals surface area contributed by atoms with Crippen LogP contribution in [-0.2, 0) is 12.8 Å². The number of carbonyl (C=O) groups is 1. The van der Waals surface area contributed by atoms with Crippen molar-refractivity contribution in [2.24, 2.45) is 0 Å². The molecule has 0 bridgehead atoms. The van der Waals surface area contributed by atoms with E-state index in [1.165, 1.54) is 6.07 Å². The zero-order valence-electron chi connectivity index (χ0n) is 13.7. The minimum atomic E-state index is -0.213. The SMILES string of the molecule is O=C1c2ccc(-c3ccco3)cc2CCN1CCc1ccccc1F. The van der Waals surface area contributed by atoms with E-state index in [-0.39, 0.29) is 11.7 Å². The number of amides is 1. The average molecular weight is 335 g/mol. The maximum absolute atomic E-state index is 13.7. The molecule has 0 unspecified atom stereocenters. The van der Waals surface area contributed by atoms with Crippen molar-refractivity contribution in [1.29, 1.82) is 0 Å². The summed E-state index contributed by atoms with van der Waals surface area (Å²) >= 11 is 0. The van der Waals surface area contributed by atoms with Crippen molar-refractivity contribution in [3.05, 3.63) is 83.4 Å². The fourth-order valence-corrected chi connectivity index (χ4v) is 3.30. The van der Waals surface area contributed by atoms with Gasteiger partial charge in [-0.1, -0.05) is 24.3 Å². The van der Waals surface area contributed by atoms with Crippen LogP contribution >= 0.6 is 0 Å². The van der Waals surface area contributed by atoms with Gasteiger partial charge in [-0.25, -0.2) is 4.39 Å². The molecule has 0 spiro atoms. The van der Waals surface area contributed by atoms with Crippen molar-refractivity contribution in [3.8, 4) is 11.3 Å². The van der Waals surface area contributed by atoms with Crippen molar-refractivity contribution in [1.82, 2.24) is 4.90 Å². The molecule has 126 valence electrons. The number of halogens is 1. The molecule has 3 nitrogen and oxygen atoms in total. The van der Waals surface area contributed by atoms with Gasteiger partial charge in [0.25, 0.3) is 5.91 Å². The van der Waals surface area contributed by atoms with Crippen LogP contribution in [0.25, 0.3) is 11.3 Å². The van der Waals surface area contributed by atoms with Gasteiger partial charge in [0, 0.05) is 24.2 Å². The largest absolute Gasteiger partial charge is 0.464 e. The molecule has 0 radical (unpaired) electrons. The summed E-state index contributed by atoms with van der Waals surface area (Å²) in [6.07, 6.45) is 2.97. The highest BCUT2D eigenvalue weighted by molar-refractivity contribution is 5.97. The Hall–Kier alpha value is -2.88. The first-order valence-corrected chi connectivity index (χ1v) is 8.42. The number of fused-ring (bicyclic) bond motifs is 1. The van der Waals surface area contributed by atoms with Gasteiger partial charge in [0.2, 0.25) is 0 Å². The normalized spacial score (nSPS) is 13.8. The number of furan rings is 1. The minimum Gasteiger partial charge on any atom is -0.464 e. The van der Waals surface area contributed by atoms with Crippen LogP contribution in [0.3, 0.4) is 0 Å². The van der Waals surface area contributed by atoms with E-state index in [0.29, 0.717) is 25.1 Å². The molecular formula is C21H18FNO2. The smallest absolute Gasteiger partial charge is 0.254 e. The Balaban J connectivity index is 1.50. The highest BCUT2D eigenvalue weighted by atomic mass is 19.1. The standard InChI is InChI=1S/C21H18FNO2/c22-19-5-2-1-4-15(19)9-11-23-12-10-16-14-17(20-6-3-13-25-20)7-8-18(16)21(23)24/h1-8,13-14H,9-12H2. The third kappa shape index (κ3) is 3.07. The van der Waals surface area contributed by atoms with E-state index in [0.717, 1.165) is 28.9 Å². The molecule has 0 fully saturated rings. The Bertz CT molecular complexity index is 902. The second kappa shape index (κ2) is 6.55. The molecule has 2 heterocycles. The molecule has 4 rings (SSSR count). The van der Waals surface area contributed by atoms with Gasteiger partial charge in [-0.3, -0.25) is 4.79 Å². The first-order valence-electron chi connectivity index (χ1n) is 8.42. The molecule has 1 aromatic heterocycles. The van der Waals surface area contributed by atoms with E-state index in [1.807, 2.05) is 36.4 Å². The lowest BCUT2D eigenvalue weighted by molar-refractivity contribution is 0.0741. The summed E-state index contributed by atoms with van der Waals surface area (Å²) in [5.74, 6) is 0.608. The van der Waals surface area contributed by atoms with Crippen molar-refractivity contribution in [2.75, 3.05) is 13.1 Å². The quantitative estimate of drug-likeness (QED) is 0.711. The highest BCUT2D eigenvalue weighted by Gasteiger charge is 2.24. The molecule has 4 heteroatoms. The molecule has 25 heavy (non-hydrogen) atoms. The third-order valence-electron chi connectivity index (χ3n) is 4.69. The van der Waals surface area contributed by atoms with Crippen molar-refractivity contribution >= 4 is 5.91 Å². The van der Waals surface area contributed by atoms with Crippen LogP contribution in [0.15, 0.2) is 65.3 Å². The molecule has 0 saturated carbocycles. The van der Waals surface area contributed by atoms with Crippen LogP contribution in [-0.4, -0.2) is 23.9 Å². The summed E-state index contributed by atoms with van der Waals surface area (Å²) in [6, 6.07) is 16.3. The Labute approximate surface area is 145 Å². The molecule has 1 aliphatic rings. The Kier molecular flexibility index (Phi) is 4.10. The fourth-order valence-electron chi connectivity index (χ4n) is 3.30. The molecule has 1 amide bonds. The van der Waals surface area contributed by atoms with Gasteiger partial charge in [0.15, 0.2) is 0 Å². The van der Waals surface area contributed by atoms with Crippen LogP contribution in [0.5, 0.6) is 0 Å². The van der Waals surface area contributed by atoms with Crippen molar-refractivity contribution in [3.63, 3.8) is 0 Å². The van der Waals surface area contributed by atoms with Crippen LogP contribution in [0.2, 0.25) is 0 Å². The molecule has 3 aromatic rings. The zero-order chi connectivity index (χ0) is 17.2. The molecule has 2 aromatic carbocycles. The predicted molar refractivity (Wildman–Crippen MR) is 93.9 cm³/mol. The Morgan fingerprint density at radius 2 is 1.96 bits per heavy atom. The van der Waals surface area contributed by atoms with E-state index in [4.69, 9.17) is 4.42 Å². The van der Waals surface area contributed by atoms with E-state index in [2.05, 4.69) is 0 Å². The lowest BCUT2D eigenvalue weighted by atomic mass is 9.95. The van der Waals surface area contributed by atoms with Crippen LogP contribution in [0.4, 0.5) is 4.39 Å². The van der Waals surface area contributed by atoms with Crippen molar-refractivity contribution in [2.45, 2.75) is 12.8 Å². The summed E-state index contributed by atoms with van der Waals surface area (Å²) < 4.78 is 19.2. The van der Waals surface area contributed by atoms with Gasteiger partial charge in [-0.15, -0.1) is 0 Å². The summed E-state index contributed by atoms with van der Waals surface area (Å²) in [6.45, 7) is 1.18. The van der Waals surface area contributed by atoms with E-state index >= 15 is 0 Å². The third-order valence-corrected chi connectivity index (χ3v) is 4.69. The van der Waals surface area contributed by atoms with Gasteiger partial charge >= 0.3 is 0 Å². The van der Waals surface area contributed by atoms with Gasteiger partial charge in [-0.2, -0.15) is 0 Å². The predicted octanol–water partition coefficient (Wildman–Crippen LogP) is 4.33. The van der Waals surface area contributed by atoms with Gasteiger partial charge in [0.05, 0.1) is 6.26 Å². The van der Waals surface area contributed by atoms with Crippen LogP contribution in [0.1, 0.15) is 21.5 Å². The summed E-state index contributed by atoms with van der Waals surface area (Å²) in [5.41, 5.74) is 3.40. The second-order valence-electron chi connectivity index (χ2n) is 6.23. The van der Waals surface area contributed by atoms with Crippen LogP contribution in [0, 0.1) is 5.82 Å². The van der Waals surface area contributed by atoms with E-state index in [1.54, 1.807) is 23.3 Å². The molecule has 0 atom stereocenters. The first kappa shape index (κ1) is 15.6. The Morgan fingerprint density at radius 1 is 1.08 bits per heavy atom. The minimum absolute atomic E-state index is 0.0172. The van der Waals surface area contributed by atoms with E-state index < -0.39 is 0 Å². The number of carbonyl (C=O) groups excluding carboxylic acids is 1. The van der Waals surface area contributed by atoms with Gasteiger partial charge < -0.3 is 9.32 Å². The zero-order valence-corrected chi connectivity index (χ0v) is 13.7. The Morgan fingerprint density at radius 3 is 2.76 bits per heavy atom. The van der Waals surface area contributed by atoms with Crippen molar-refractivity contribution < 1.29 is 13.6 Å². The monoisotopic (exact) mass is 335 g/mol. The topological polar surface area (TPSA) is 33.5 Å². The number of nitrogens with zero attached hydrogens (tertiary/aromatic N) is 1. The molecule has 0 aliphatic carbocycles. The first-order chi connectivity index (χ1) is 12.2. The highest BCUT2D eigenvalue weighted by Crippen LogP contribution is 2.26. The van der Waals surface area contributed by atoms with E-state index in [9.17, 15) is 9.18 Å². The number of hydrogen-bond acceptors (Lipinski definition) is 2. The average Bonchev–Trinajstić information content (AvgIpc) is 3.17. The molecular weight excluding hydrogens is 317 g/mol. The molecule has 1 aliphatic heterocycles. The van der Waals surface area contributed by atoms with Crippen LogP contribution < -0.4 is 0 Å². The summed E-state index contributed by atoms with van der Waals surface area (Å²) in [4.78, 5) is 14.5. The lowest BCUT2D eigenvalue weighted by Gasteiger charge is -2.29. The summed E-state index contributed by atoms with van der Waals surface area (Å²) in [7, 11) is 0. The molecule has 0 saturated heterocycles. The number of rotatable bonds is 4. The maximum Gasteiger partial charge on any atom is 0.254 e. The number of hydrogen-bond donors (Lipinski definition) is 0. The molecule has 0 N–H and O–H groups in total. The van der Waals surface area contributed by atoms with Gasteiger partial charge in [0.1, 0.15) is 11.6 Å². The second-order valence-corrected chi connectivity index (χ2v) is 6.23.